The van der Waals surface area contributed by atoms with Gasteiger partial charge in [-0.05, 0) is 19.4 Å². The first-order valence-electron chi connectivity index (χ1n) is 5.71. The van der Waals surface area contributed by atoms with Crippen molar-refractivity contribution in [3.8, 4) is 6.07 Å². The predicted molar refractivity (Wildman–Crippen MR) is 77.8 cm³/mol. The molecule has 0 aliphatic heterocycles. The Kier molecular flexibility index (Phi) is 4.70. The number of benzene rings is 1. The molecule has 0 saturated carbocycles. The largest absolute Gasteiger partial charge is 0.382 e. The number of nitrogens with two attached hydrogens (primary N) is 1. The van der Waals surface area contributed by atoms with E-state index in [-0.39, 0.29) is 16.8 Å². The number of anilines is 1. The third kappa shape index (κ3) is 3.12. The molecule has 4 N–H and O–H groups in total. The van der Waals surface area contributed by atoms with Crippen molar-refractivity contribution in [2.75, 3.05) is 5.43 Å². The zero-order valence-corrected chi connectivity index (χ0v) is 11.6. The van der Waals surface area contributed by atoms with Crippen molar-refractivity contribution >= 4 is 28.6 Å². The minimum absolute atomic E-state index is 0.109. The van der Waals surface area contributed by atoms with E-state index in [4.69, 9.17) is 16.4 Å². The van der Waals surface area contributed by atoms with E-state index in [0.29, 0.717) is 0 Å². The molecule has 114 valence electrons. The van der Waals surface area contributed by atoms with Gasteiger partial charge < -0.3 is 5.73 Å². The molecular weight excluding hydrogens is 294 g/mol. The molecule has 0 bridgehead atoms. The molecule has 0 unspecified atom stereocenters. The second-order valence-corrected chi connectivity index (χ2v) is 4.17. The maximum atomic E-state index is 11.2. The van der Waals surface area contributed by atoms with Crippen LogP contribution in [0, 0.1) is 50.8 Å². The van der Waals surface area contributed by atoms with E-state index in [1.165, 1.54) is 13.8 Å². The van der Waals surface area contributed by atoms with Crippen molar-refractivity contribution < 1.29 is 9.85 Å². The molecule has 0 aromatic heterocycles. The first-order chi connectivity index (χ1) is 10.2. The van der Waals surface area contributed by atoms with Crippen LogP contribution < -0.4 is 11.2 Å². The monoisotopic (exact) mass is 305 g/mol. The first-order valence-corrected chi connectivity index (χ1v) is 5.71. The molecule has 0 spiro atoms. The topological polar surface area (TPSA) is 184 Å². The maximum absolute atomic E-state index is 11.2. The van der Waals surface area contributed by atoms with Crippen LogP contribution >= 0.6 is 0 Å². The Morgan fingerprint density at radius 2 is 2.00 bits per heavy atom. The van der Waals surface area contributed by atoms with Gasteiger partial charge in [0.2, 0.25) is 5.71 Å². The number of nitriles is 1. The normalized spacial score (nSPS) is 10.7. The van der Waals surface area contributed by atoms with Gasteiger partial charge in [0.05, 0.1) is 9.85 Å². The summed E-state index contributed by atoms with van der Waals surface area (Å²) in [5, 5.41) is 41.4. The number of nitrogens with one attached hydrogen (secondary N) is 2. The molecule has 0 heterocycles. The highest BCUT2D eigenvalue weighted by Gasteiger charge is 2.28. The second kappa shape index (κ2) is 6.27. The van der Waals surface area contributed by atoms with Gasteiger partial charge >= 0.3 is 5.69 Å². The Bertz CT molecular complexity index is 748. The predicted octanol–water partition coefficient (Wildman–Crippen LogP) is 1.35. The molecule has 0 aliphatic rings. The van der Waals surface area contributed by atoms with E-state index in [9.17, 15) is 20.2 Å². The summed E-state index contributed by atoms with van der Waals surface area (Å²) in [4.78, 5) is 20.6. The molecule has 22 heavy (non-hydrogen) atoms. The number of hydrogen-bond donors (Lipinski definition) is 3. The van der Waals surface area contributed by atoms with Crippen LogP contribution in [0.15, 0.2) is 11.2 Å². The molecule has 11 heteroatoms. The van der Waals surface area contributed by atoms with Crippen LogP contribution in [0.4, 0.5) is 17.1 Å². The van der Waals surface area contributed by atoms with Gasteiger partial charge in [0, 0.05) is 6.07 Å². The van der Waals surface area contributed by atoms with Gasteiger partial charge in [0.15, 0.2) is 5.84 Å². The Balaban J connectivity index is 3.53. The molecule has 0 saturated heterocycles. The maximum Gasteiger partial charge on any atom is 0.304 e. The van der Waals surface area contributed by atoms with E-state index >= 15 is 0 Å². The number of rotatable bonds is 5. The van der Waals surface area contributed by atoms with Gasteiger partial charge in [-0.25, -0.2) is 0 Å². The number of nitrogens with zero attached hydrogens (tertiary/aromatic N) is 4. The van der Waals surface area contributed by atoms with E-state index in [0.717, 1.165) is 6.07 Å². The highest BCUT2D eigenvalue weighted by atomic mass is 16.6. The quantitative estimate of drug-likeness (QED) is 0.317. The van der Waals surface area contributed by atoms with E-state index in [2.05, 4.69) is 10.5 Å². The van der Waals surface area contributed by atoms with Gasteiger partial charge in [-0.1, -0.05) is 0 Å². The third-order valence-corrected chi connectivity index (χ3v) is 2.74. The highest BCUT2D eigenvalue weighted by molar-refractivity contribution is 6.45. The summed E-state index contributed by atoms with van der Waals surface area (Å²) < 4.78 is 0. The minimum Gasteiger partial charge on any atom is -0.382 e. The zero-order valence-electron chi connectivity index (χ0n) is 11.6. The summed E-state index contributed by atoms with van der Waals surface area (Å²) in [6.07, 6.45) is 0. The van der Waals surface area contributed by atoms with Crippen molar-refractivity contribution in [2.24, 2.45) is 10.8 Å². The van der Waals surface area contributed by atoms with Gasteiger partial charge in [-0.15, -0.1) is 0 Å². The number of amidine groups is 1. The van der Waals surface area contributed by atoms with Crippen LogP contribution in [-0.4, -0.2) is 21.4 Å². The molecule has 0 atom stereocenters. The van der Waals surface area contributed by atoms with Crippen LogP contribution in [0.3, 0.4) is 0 Å². The zero-order chi connectivity index (χ0) is 17.0. The Labute approximate surface area is 123 Å². The van der Waals surface area contributed by atoms with E-state index in [1.54, 1.807) is 6.07 Å². The van der Waals surface area contributed by atoms with Gasteiger partial charge in [-0.2, -0.15) is 10.4 Å². The lowest BCUT2D eigenvalue weighted by atomic mass is 10.1. The molecule has 0 radical (unpaired) electrons. The molecule has 0 aliphatic carbocycles. The molecule has 1 aromatic rings. The van der Waals surface area contributed by atoms with E-state index < -0.39 is 32.8 Å². The lowest BCUT2D eigenvalue weighted by Crippen LogP contribution is -2.22. The Morgan fingerprint density at radius 3 is 2.41 bits per heavy atom. The molecular formula is C11H11N7O4. The number of aryl methyl sites for hydroxylation is 1. The average Bonchev–Trinajstić information content (AvgIpc) is 2.41. The van der Waals surface area contributed by atoms with Crippen molar-refractivity contribution in [2.45, 2.75) is 13.8 Å². The lowest BCUT2D eigenvalue weighted by molar-refractivity contribution is -0.394. The first kappa shape index (κ1) is 16.5. The van der Waals surface area contributed by atoms with Crippen LogP contribution in [-0.2, 0) is 0 Å². The highest BCUT2D eigenvalue weighted by Crippen LogP contribution is 2.37. The van der Waals surface area contributed by atoms with Gasteiger partial charge in [-0.3, -0.25) is 31.1 Å². The summed E-state index contributed by atoms with van der Waals surface area (Å²) in [5.41, 5.74) is 5.92. The molecule has 0 amide bonds. The van der Waals surface area contributed by atoms with Crippen molar-refractivity contribution in [1.82, 2.24) is 0 Å². The fourth-order valence-corrected chi connectivity index (χ4v) is 1.70. The Morgan fingerprint density at radius 1 is 1.41 bits per heavy atom. The summed E-state index contributed by atoms with van der Waals surface area (Å²) in [5.74, 6) is -0.617. The summed E-state index contributed by atoms with van der Waals surface area (Å²) in [7, 11) is 0. The third-order valence-electron chi connectivity index (χ3n) is 2.74. The SMILES string of the molecule is Cc1cc([N+](=O)[O-])c(C)c([N+](=O)[O-])c1N/N=C(\C#N)C(=N)N. The number of hydrogen-bond acceptors (Lipinski definition) is 8. The van der Waals surface area contributed by atoms with Gasteiger partial charge in [0.25, 0.3) is 5.69 Å². The number of nitro benzene ring substituents is 2. The summed E-state index contributed by atoms with van der Waals surface area (Å²) in [6.45, 7) is 2.65. The standard InChI is InChI=1S/C11H11N7O4/c1-5-3-8(17(19)20)6(2)10(18(21)22)9(5)16-15-7(4-12)11(13)14/h3,16H,1-2H3,(H3,13,14)/b15-7+. The number of nitro groups is 2. The summed E-state index contributed by atoms with van der Waals surface area (Å²) >= 11 is 0. The average molecular weight is 305 g/mol. The Hall–Kier alpha value is -3.55. The van der Waals surface area contributed by atoms with Gasteiger partial charge in [0.1, 0.15) is 17.3 Å². The molecule has 1 aromatic carbocycles. The van der Waals surface area contributed by atoms with Crippen molar-refractivity contribution in [3.05, 3.63) is 37.4 Å². The van der Waals surface area contributed by atoms with Crippen LogP contribution in [0.2, 0.25) is 0 Å². The summed E-state index contributed by atoms with van der Waals surface area (Å²) in [6, 6.07) is 2.70. The minimum atomic E-state index is -0.785. The van der Waals surface area contributed by atoms with Crippen molar-refractivity contribution in [3.63, 3.8) is 0 Å². The second-order valence-electron chi connectivity index (χ2n) is 4.17. The van der Waals surface area contributed by atoms with Crippen LogP contribution in [0.25, 0.3) is 0 Å². The van der Waals surface area contributed by atoms with Crippen LogP contribution in [0.5, 0.6) is 0 Å². The molecule has 0 fully saturated rings. The van der Waals surface area contributed by atoms with E-state index in [1.807, 2.05) is 0 Å². The van der Waals surface area contributed by atoms with Crippen LogP contribution in [0.1, 0.15) is 11.1 Å². The van der Waals surface area contributed by atoms with Crippen molar-refractivity contribution in [1.29, 1.82) is 10.7 Å². The smallest absolute Gasteiger partial charge is 0.304 e. The lowest BCUT2D eigenvalue weighted by Gasteiger charge is -2.09. The molecule has 11 nitrogen and oxygen atoms in total. The molecule has 1 rings (SSSR count). The fraction of sp³-hybridized carbons (Fsp3) is 0.182. The number of hydrazone groups is 1. The fourth-order valence-electron chi connectivity index (χ4n) is 1.70.